The van der Waals surface area contributed by atoms with E-state index in [1.54, 1.807) is 0 Å². The smallest absolute Gasteiger partial charge is 0.122 e. The third-order valence-electron chi connectivity index (χ3n) is 2.56. The van der Waals surface area contributed by atoms with Gasteiger partial charge in [-0.2, -0.15) is 0 Å². The second-order valence-electron chi connectivity index (χ2n) is 3.64. The van der Waals surface area contributed by atoms with Crippen molar-refractivity contribution in [1.82, 2.24) is 0 Å². The summed E-state index contributed by atoms with van der Waals surface area (Å²) in [7, 11) is 0. The van der Waals surface area contributed by atoms with E-state index in [1.165, 1.54) is 0 Å². The molecule has 84 valence electrons. The lowest BCUT2D eigenvalue weighted by Crippen LogP contribution is -2.14. The van der Waals surface area contributed by atoms with Crippen LogP contribution in [0.3, 0.4) is 0 Å². The maximum atomic E-state index is 8.94. The molecule has 0 atom stereocenters. The van der Waals surface area contributed by atoms with Crippen molar-refractivity contribution < 1.29 is 9.84 Å². The summed E-state index contributed by atoms with van der Waals surface area (Å²) in [6.07, 6.45) is 2.98. The summed E-state index contributed by atoms with van der Waals surface area (Å²) in [5, 5.41) is 8.94. The Morgan fingerprint density at radius 1 is 1.20 bits per heavy atom. The number of hydrogen-bond acceptors (Lipinski definition) is 2. The van der Waals surface area contributed by atoms with E-state index >= 15 is 0 Å². The molecule has 1 aromatic carbocycles. The normalized spacial score (nSPS) is 10.7. The SMILES string of the molecule is CCC(CC)Oc1ccccc1CCO. The van der Waals surface area contributed by atoms with Crippen LogP contribution in [0.1, 0.15) is 32.3 Å². The van der Waals surface area contributed by atoms with Crippen molar-refractivity contribution >= 4 is 0 Å². The van der Waals surface area contributed by atoms with Gasteiger partial charge in [-0.25, -0.2) is 0 Å². The van der Waals surface area contributed by atoms with Crippen LogP contribution in [0.2, 0.25) is 0 Å². The fourth-order valence-corrected chi connectivity index (χ4v) is 1.58. The molecule has 0 saturated heterocycles. The van der Waals surface area contributed by atoms with Crippen LogP contribution in [0.25, 0.3) is 0 Å². The van der Waals surface area contributed by atoms with Crippen LogP contribution in [0.5, 0.6) is 5.75 Å². The maximum Gasteiger partial charge on any atom is 0.122 e. The van der Waals surface area contributed by atoms with Gasteiger partial charge in [0.2, 0.25) is 0 Å². The molecule has 0 heterocycles. The fraction of sp³-hybridized carbons (Fsp3) is 0.538. The fourth-order valence-electron chi connectivity index (χ4n) is 1.58. The molecule has 2 heteroatoms. The Hall–Kier alpha value is -1.02. The molecule has 0 radical (unpaired) electrons. The van der Waals surface area contributed by atoms with E-state index in [0.717, 1.165) is 24.2 Å². The van der Waals surface area contributed by atoms with Gasteiger partial charge in [-0.3, -0.25) is 0 Å². The summed E-state index contributed by atoms with van der Waals surface area (Å²) in [4.78, 5) is 0. The molecule has 1 rings (SSSR count). The highest BCUT2D eigenvalue weighted by atomic mass is 16.5. The van der Waals surface area contributed by atoms with E-state index in [1.807, 2.05) is 24.3 Å². The van der Waals surface area contributed by atoms with Gasteiger partial charge in [0, 0.05) is 6.61 Å². The van der Waals surface area contributed by atoms with E-state index in [2.05, 4.69) is 13.8 Å². The Morgan fingerprint density at radius 2 is 1.87 bits per heavy atom. The zero-order chi connectivity index (χ0) is 11.1. The standard InChI is InChI=1S/C13H20O2/c1-3-12(4-2)15-13-8-6-5-7-11(13)9-10-14/h5-8,12,14H,3-4,9-10H2,1-2H3. The maximum absolute atomic E-state index is 8.94. The van der Waals surface area contributed by atoms with Crippen molar-refractivity contribution in [2.45, 2.75) is 39.2 Å². The Balaban J connectivity index is 2.73. The lowest BCUT2D eigenvalue weighted by atomic mass is 10.1. The van der Waals surface area contributed by atoms with Crippen LogP contribution in [-0.4, -0.2) is 17.8 Å². The highest BCUT2D eigenvalue weighted by molar-refractivity contribution is 5.33. The molecule has 0 aliphatic rings. The summed E-state index contributed by atoms with van der Waals surface area (Å²) in [5.74, 6) is 0.917. The highest BCUT2D eigenvalue weighted by Gasteiger charge is 2.08. The van der Waals surface area contributed by atoms with Gasteiger partial charge >= 0.3 is 0 Å². The van der Waals surface area contributed by atoms with Crippen LogP contribution in [0.15, 0.2) is 24.3 Å². The first-order chi connectivity index (χ1) is 7.31. The van der Waals surface area contributed by atoms with E-state index in [4.69, 9.17) is 9.84 Å². The van der Waals surface area contributed by atoms with Crippen LogP contribution >= 0.6 is 0 Å². The van der Waals surface area contributed by atoms with Gasteiger partial charge in [-0.1, -0.05) is 32.0 Å². The Kier molecular flexibility index (Phi) is 5.19. The number of benzene rings is 1. The predicted molar refractivity (Wildman–Crippen MR) is 62.2 cm³/mol. The van der Waals surface area contributed by atoms with Gasteiger partial charge in [0.25, 0.3) is 0 Å². The summed E-state index contributed by atoms with van der Waals surface area (Å²) in [6.45, 7) is 4.43. The molecule has 2 nitrogen and oxygen atoms in total. The van der Waals surface area contributed by atoms with Gasteiger partial charge in [-0.15, -0.1) is 0 Å². The van der Waals surface area contributed by atoms with Crippen LogP contribution < -0.4 is 4.74 Å². The molecule has 0 amide bonds. The molecule has 0 bridgehead atoms. The molecule has 1 N–H and O–H groups in total. The minimum atomic E-state index is 0.170. The molecule has 0 fully saturated rings. The summed E-state index contributed by atoms with van der Waals surface area (Å²) in [6, 6.07) is 7.93. The lowest BCUT2D eigenvalue weighted by molar-refractivity contribution is 0.189. The van der Waals surface area contributed by atoms with Gasteiger partial charge in [0.1, 0.15) is 5.75 Å². The molecule has 0 aliphatic heterocycles. The van der Waals surface area contributed by atoms with E-state index in [0.29, 0.717) is 6.42 Å². The number of rotatable bonds is 6. The second-order valence-corrected chi connectivity index (χ2v) is 3.64. The molecule has 1 aromatic rings. The number of hydrogen-bond donors (Lipinski definition) is 1. The van der Waals surface area contributed by atoms with Crippen LogP contribution in [0, 0.1) is 0 Å². The predicted octanol–water partition coefficient (Wildman–Crippen LogP) is 2.79. The molecule has 15 heavy (non-hydrogen) atoms. The van der Waals surface area contributed by atoms with E-state index in [-0.39, 0.29) is 12.7 Å². The second kappa shape index (κ2) is 6.46. The third-order valence-corrected chi connectivity index (χ3v) is 2.56. The quantitative estimate of drug-likeness (QED) is 0.779. The average Bonchev–Trinajstić information content (AvgIpc) is 2.28. The molecule has 0 saturated carbocycles. The summed E-state index contributed by atoms with van der Waals surface area (Å²) in [5.41, 5.74) is 1.09. The van der Waals surface area contributed by atoms with Crippen molar-refractivity contribution in [3.05, 3.63) is 29.8 Å². The highest BCUT2D eigenvalue weighted by Crippen LogP contribution is 2.21. The third kappa shape index (κ3) is 3.56. The Morgan fingerprint density at radius 3 is 2.47 bits per heavy atom. The summed E-state index contributed by atoms with van der Waals surface area (Å²) < 4.78 is 5.89. The first-order valence-electron chi connectivity index (χ1n) is 5.67. The number of ether oxygens (including phenoxy) is 1. The number of aliphatic hydroxyl groups is 1. The zero-order valence-corrected chi connectivity index (χ0v) is 9.57. The van der Waals surface area contributed by atoms with Gasteiger partial charge in [-0.05, 0) is 30.9 Å². The molecule has 0 unspecified atom stereocenters. The minimum absolute atomic E-state index is 0.170. The van der Waals surface area contributed by atoms with Crippen LogP contribution in [-0.2, 0) is 6.42 Å². The first-order valence-corrected chi connectivity index (χ1v) is 5.67. The topological polar surface area (TPSA) is 29.5 Å². The van der Waals surface area contributed by atoms with Crippen molar-refractivity contribution in [3.63, 3.8) is 0 Å². The monoisotopic (exact) mass is 208 g/mol. The molecule has 0 spiro atoms. The number of aliphatic hydroxyl groups excluding tert-OH is 1. The summed E-state index contributed by atoms with van der Waals surface area (Å²) >= 11 is 0. The molecular formula is C13H20O2. The Bertz CT molecular complexity index is 280. The Labute approximate surface area is 91.9 Å². The first kappa shape index (κ1) is 12.1. The molecule has 0 aliphatic carbocycles. The van der Waals surface area contributed by atoms with Crippen molar-refractivity contribution in [3.8, 4) is 5.75 Å². The lowest BCUT2D eigenvalue weighted by Gasteiger charge is -2.18. The average molecular weight is 208 g/mol. The zero-order valence-electron chi connectivity index (χ0n) is 9.57. The molecule has 0 aromatic heterocycles. The molecular weight excluding hydrogens is 188 g/mol. The van der Waals surface area contributed by atoms with E-state index < -0.39 is 0 Å². The van der Waals surface area contributed by atoms with Crippen molar-refractivity contribution in [2.75, 3.05) is 6.61 Å². The van der Waals surface area contributed by atoms with Gasteiger partial charge in [0.15, 0.2) is 0 Å². The van der Waals surface area contributed by atoms with Crippen molar-refractivity contribution in [1.29, 1.82) is 0 Å². The van der Waals surface area contributed by atoms with Gasteiger partial charge < -0.3 is 9.84 Å². The van der Waals surface area contributed by atoms with Gasteiger partial charge in [0.05, 0.1) is 6.10 Å². The van der Waals surface area contributed by atoms with E-state index in [9.17, 15) is 0 Å². The van der Waals surface area contributed by atoms with Crippen molar-refractivity contribution in [2.24, 2.45) is 0 Å². The minimum Gasteiger partial charge on any atom is -0.490 e. The largest absolute Gasteiger partial charge is 0.490 e. The van der Waals surface area contributed by atoms with Crippen LogP contribution in [0.4, 0.5) is 0 Å². The number of para-hydroxylation sites is 1.